The molecule has 3 heterocycles. The Morgan fingerprint density at radius 3 is 2.48 bits per heavy atom. The maximum Gasteiger partial charge on any atom is 0.290 e. The van der Waals surface area contributed by atoms with Crippen LogP contribution in [0.4, 0.5) is 0 Å². The molecule has 5 rings (SSSR count). The molecular formula is C26H28N2O5. The van der Waals surface area contributed by atoms with Crippen LogP contribution >= 0.6 is 0 Å². The second-order valence-electron chi connectivity index (χ2n) is 8.49. The van der Waals surface area contributed by atoms with E-state index in [2.05, 4.69) is 4.90 Å². The van der Waals surface area contributed by atoms with Gasteiger partial charge in [-0.25, -0.2) is 0 Å². The summed E-state index contributed by atoms with van der Waals surface area (Å²) >= 11 is 0. The number of methoxy groups -OCH3 is 1. The summed E-state index contributed by atoms with van der Waals surface area (Å²) in [5, 5.41) is 0.523. The number of ether oxygens (including phenoxy) is 2. The zero-order chi connectivity index (χ0) is 22.9. The molecule has 1 saturated heterocycles. The molecule has 0 bridgehead atoms. The summed E-state index contributed by atoms with van der Waals surface area (Å²) in [5.74, 6) is 0.637. The van der Waals surface area contributed by atoms with Crippen molar-refractivity contribution >= 4 is 16.9 Å². The minimum absolute atomic E-state index is 0.135. The maximum absolute atomic E-state index is 13.7. The fourth-order valence-electron chi connectivity index (χ4n) is 4.72. The van der Waals surface area contributed by atoms with Crippen LogP contribution in [0.1, 0.15) is 40.2 Å². The smallest absolute Gasteiger partial charge is 0.290 e. The number of carbonyl (C=O) groups is 1. The first-order chi connectivity index (χ1) is 16.1. The van der Waals surface area contributed by atoms with Crippen LogP contribution in [-0.2, 0) is 11.2 Å². The molecule has 1 aromatic heterocycles. The van der Waals surface area contributed by atoms with E-state index in [1.54, 1.807) is 18.1 Å². The van der Waals surface area contributed by atoms with E-state index >= 15 is 0 Å². The molecule has 0 aliphatic carbocycles. The van der Waals surface area contributed by atoms with Crippen molar-refractivity contribution in [3.63, 3.8) is 0 Å². The third-order valence-corrected chi connectivity index (χ3v) is 6.63. The molecule has 1 unspecified atom stereocenters. The lowest BCUT2D eigenvalue weighted by Crippen LogP contribution is -2.42. The van der Waals surface area contributed by atoms with Gasteiger partial charge in [0.25, 0.3) is 5.91 Å². The molecule has 7 heteroatoms. The Bertz CT molecular complexity index is 1230. The normalized spacial score (nSPS) is 18.7. The van der Waals surface area contributed by atoms with Gasteiger partial charge in [0.2, 0.25) is 5.76 Å². The first-order valence-electron chi connectivity index (χ1n) is 11.5. The molecule has 3 aromatic rings. The summed E-state index contributed by atoms with van der Waals surface area (Å²) in [6.45, 7) is 6.32. The molecule has 0 saturated carbocycles. The molecule has 0 spiro atoms. The monoisotopic (exact) mass is 448 g/mol. The Morgan fingerprint density at radius 2 is 1.79 bits per heavy atom. The summed E-state index contributed by atoms with van der Waals surface area (Å²) in [6.07, 6.45) is 0.818. The van der Waals surface area contributed by atoms with Crippen molar-refractivity contribution in [2.45, 2.75) is 19.4 Å². The van der Waals surface area contributed by atoms with Crippen molar-refractivity contribution in [3.8, 4) is 5.75 Å². The zero-order valence-corrected chi connectivity index (χ0v) is 19.0. The lowest BCUT2D eigenvalue weighted by Gasteiger charge is -2.31. The van der Waals surface area contributed by atoms with Crippen molar-refractivity contribution in [2.75, 3.05) is 46.5 Å². The van der Waals surface area contributed by atoms with Crippen LogP contribution in [0.15, 0.2) is 51.7 Å². The molecule has 0 radical (unpaired) electrons. The second-order valence-corrected chi connectivity index (χ2v) is 8.49. The van der Waals surface area contributed by atoms with Gasteiger partial charge >= 0.3 is 0 Å². The number of nitrogens with zero attached hydrogens (tertiary/aromatic N) is 2. The average molecular weight is 449 g/mol. The summed E-state index contributed by atoms with van der Waals surface area (Å²) in [5.41, 5.74) is 2.66. The molecule has 1 atom stereocenters. The summed E-state index contributed by atoms with van der Waals surface area (Å²) in [6, 6.07) is 12.7. The van der Waals surface area contributed by atoms with Crippen LogP contribution in [0.3, 0.4) is 0 Å². The van der Waals surface area contributed by atoms with E-state index in [4.69, 9.17) is 13.9 Å². The highest BCUT2D eigenvalue weighted by molar-refractivity contribution is 5.99. The molecule has 7 nitrogen and oxygen atoms in total. The number of carbonyl (C=O) groups excluding carboxylic acids is 1. The van der Waals surface area contributed by atoms with E-state index in [1.165, 1.54) is 0 Å². The van der Waals surface area contributed by atoms with Gasteiger partial charge in [0.15, 0.2) is 5.43 Å². The van der Waals surface area contributed by atoms with E-state index in [-0.39, 0.29) is 17.1 Å². The molecule has 1 fully saturated rings. The highest BCUT2D eigenvalue weighted by Crippen LogP contribution is 2.38. The molecule has 2 aliphatic heterocycles. The molecular weight excluding hydrogens is 420 g/mol. The molecule has 0 N–H and O–H groups in total. The Balaban J connectivity index is 1.60. The van der Waals surface area contributed by atoms with Gasteiger partial charge in [-0.15, -0.1) is 0 Å². The molecule has 1 amide bonds. The third-order valence-electron chi connectivity index (χ3n) is 6.63. The van der Waals surface area contributed by atoms with Crippen molar-refractivity contribution in [1.82, 2.24) is 9.80 Å². The van der Waals surface area contributed by atoms with Crippen molar-refractivity contribution < 1.29 is 18.7 Å². The SMILES string of the molecule is CCc1ccc2oc3c(c(=O)c2c1)C(c1ccc(OC)cc1)N(CCN1CCOCC1)C3=O. The lowest BCUT2D eigenvalue weighted by molar-refractivity contribution is 0.0314. The molecule has 2 aromatic carbocycles. The summed E-state index contributed by atoms with van der Waals surface area (Å²) in [4.78, 5) is 31.3. The minimum atomic E-state index is -0.495. The van der Waals surface area contributed by atoms with Gasteiger partial charge in [0.1, 0.15) is 11.3 Å². The van der Waals surface area contributed by atoms with E-state index in [0.29, 0.717) is 42.8 Å². The number of benzene rings is 2. The number of aryl methyl sites for hydroxylation is 1. The van der Waals surface area contributed by atoms with Crippen LogP contribution in [0, 0.1) is 0 Å². The van der Waals surface area contributed by atoms with Crippen LogP contribution in [0.5, 0.6) is 5.75 Å². The molecule has 2 aliphatic rings. The quantitative estimate of drug-likeness (QED) is 0.577. The van der Waals surface area contributed by atoms with Gasteiger partial charge in [-0.05, 0) is 41.8 Å². The Labute approximate surface area is 192 Å². The van der Waals surface area contributed by atoms with Crippen molar-refractivity contribution in [1.29, 1.82) is 0 Å². The first kappa shape index (κ1) is 21.7. The maximum atomic E-state index is 13.7. The van der Waals surface area contributed by atoms with E-state index in [9.17, 15) is 9.59 Å². The van der Waals surface area contributed by atoms with E-state index in [0.717, 1.165) is 36.4 Å². The lowest BCUT2D eigenvalue weighted by atomic mass is 9.98. The first-order valence-corrected chi connectivity index (χ1v) is 11.5. The fourth-order valence-corrected chi connectivity index (χ4v) is 4.72. The molecule has 33 heavy (non-hydrogen) atoms. The zero-order valence-electron chi connectivity index (χ0n) is 19.0. The Morgan fingerprint density at radius 1 is 1.03 bits per heavy atom. The van der Waals surface area contributed by atoms with Crippen molar-refractivity contribution in [3.05, 3.63) is 75.1 Å². The van der Waals surface area contributed by atoms with Gasteiger partial charge < -0.3 is 18.8 Å². The fraction of sp³-hybridized carbons (Fsp3) is 0.385. The van der Waals surface area contributed by atoms with Gasteiger partial charge in [-0.1, -0.05) is 25.1 Å². The number of fused-ring (bicyclic) bond motifs is 2. The van der Waals surface area contributed by atoms with E-state index < -0.39 is 6.04 Å². The summed E-state index contributed by atoms with van der Waals surface area (Å²) in [7, 11) is 1.62. The van der Waals surface area contributed by atoms with Crippen LogP contribution in [-0.4, -0.2) is 62.2 Å². The van der Waals surface area contributed by atoms with Crippen LogP contribution in [0.2, 0.25) is 0 Å². The van der Waals surface area contributed by atoms with Gasteiger partial charge in [0.05, 0.1) is 37.3 Å². The highest BCUT2D eigenvalue weighted by Gasteiger charge is 2.42. The summed E-state index contributed by atoms with van der Waals surface area (Å²) < 4.78 is 16.8. The number of hydrogen-bond acceptors (Lipinski definition) is 6. The Kier molecular flexibility index (Phi) is 5.91. The van der Waals surface area contributed by atoms with Gasteiger partial charge in [-0.3, -0.25) is 14.5 Å². The number of morpholine rings is 1. The highest BCUT2D eigenvalue weighted by atomic mass is 16.5. The van der Waals surface area contributed by atoms with E-state index in [1.807, 2.05) is 43.3 Å². The number of hydrogen-bond donors (Lipinski definition) is 0. The van der Waals surface area contributed by atoms with Gasteiger partial charge in [-0.2, -0.15) is 0 Å². The number of amides is 1. The minimum Gasteiger partial charge on any atom is -0.497 e. The predicted octanol–water partition coefficient (Wildman–Crippen LogP) is 3.24. The largest absolute Gasteiger partial charge is 0.497 e. The number of rotatable bonds is 6. The molecule has 172 valence electrons. The third kappa shape index (κ3) is 3.92. The Hall–Kier alpha value is -3.16. The van der Waals surface area contributed by atoms with Crippen LogP contribution < -0.4 is 10.2 Å². The standard InChI is InChI=1S/C26H28N2O5/c1-3-17-4-9-21-20(16-17)24(29)22-23(18-5-7-19(31-2)8-6-18)28(26(30)25(22)33-21)11-10-27-12-14-32-15-13-27/h4-9,16,23H,3,10-15H2,1-2H3. The van der Waals surface area contributed by atoms with Gasteiger partial charge in [0, 0.05) is 26.2 Å². The topological polar surface area (TPSA) is 72.2 Å². The second kappa shape index (κ2) is 9.00. The van der Waals surface area contributed by atoms with Crippen molar-refractivity contribution in [2.24, 2.45) is 0 Å². The van der Waals surface area contributed by atoms with Crippen LogP contribution in [0.25, 0.3) is 11.0 Å². The predicted molar refractivity (Wildman–Crippen MR) is 125 cm³/mol. The average Bonchev–Trinajstić information content (AvgIpc) is 3.15.